The van der Waals surface area contributed by atoms with Gasteiger partial charge in [-0.15, -0.1) is 0 Å². The quantitative estimate of drug-likeness (QED) is 0.141. The first-order chi connectivity index (χ1) is 12.3. The Morgan fingerprint density at radius 3 is 1.36 bits per heavy atom. The summed E-state index contributed by atoms with van der Waals surface area (Å²) in [7, 11) is 0. The summed E-state index contributed by atoms with van der Waals surface area (Å²) in [6, 6.07) is 0. The van der Waals surface area contributed by atoms with Gasteiger partial charge in [0.1, 0.15) is 6.29 Å². The average molecular weight is 339 g/mol. The zero-order valence-electron chi connectivity index (χ0n) is 15.9. The highest BCUT2D eigenvalue weighted by Gasteiger charge is 1.85. The number of allylic oxidation sites excluding steroid dienone is 14. The fourth-order valence-electron chi connectivity index (χ4n) is 1.94. The molecule has 0 aromatic carbocycles. The van der Waals surface area contributed by atoms with Crippen LogP contribution in [0.5, 0.6) is 0 Å². The number of carbonyl (C=O) groups excluding carboxylic acids is 1. The van der Waals surface area contributed by atoms with Gasteiger partial charge in [-0.25, -0.2) is 0 Å². The number of rotatable bonds is 14. The van der Waals surface area contributed by atoms with Gasteiger partial charge in [0, 0.05) is 0 Å². The molecule has 1 heteroatoms. The Morgan fingerprint density at radius 1 is 0.600 bits per heavy atom. The van der Waals surface area contributed by atoms with Crippen molar-refractivity contribution in [2.24, 2.45) is 0 Å². The maximum atomic E-state index is 10.6. The van der Waals surface area contributed by atoms with Crippen LogP contribution in [0.25, 0.3) is 0 Å². The molecule has 0 fully saturated rings. The second-order valence-corrected chi connectivity index (χ2v) is 5.58. The summed E-state index contributed by atoms with van der Waals surface area (Å²) in [4.78, 5) is 10.6. The van der Waals surface area contributed by atoms with E-state index in [1.807, 2.05) is 19.1 Å². The van der Waals surface area contributed by atoms with Crippen LogP contribution in [0.3, 0.4) is 0 Å². The fraction of sp³-hybridized carbons (Fsp3) is 0.375. The van der Waals surface area contributed by atoms with Crippen molar-refractivity contribution in [3.63, 3.8) is 0 Å². The maximum Gasteiger partial charge on any atom is 0.146 e. The zero-order chi connectivity index (χ0) is 18.4. The van der Waals surface area contributed by atoms with Crippen molar-refractivity contribution >= 4 is 6.29 Å². The van der Waals surface area contributed by atoms with Crippen LogP contribution >= 0.6 is 0 Å². The fourth-order valence-corrected chi connectivity index (χ4v) is 1.94. The van der Waals surface area contributed by atoms with E-state index in [0.717, 1.165) is 56.8 Å². The molecule has 1 nitrogen and oxygen atoms in total. The number of aldehydes is 1. The van der Waals surface area contributed by atoms with Crippen LogP contribution in [0, 0.1) is 0 Å². The highest BCUT2D eigenvalue weighted by molar-refractivity contribution is 5.73. The summed E-state index contributed by atoms with van der Waals surface area (Å²) < 4.78 is 0. The maximum absolute atomic E-state index is 10.6. The molecule has 0 radical (unpaired) electrons. The van der Waals surface area contributed by atoms with Crippen molar-refractivity contribution in [2.45, 2.75) is 58.8 Å². The Bertz CT molecular complexity index is 510. The average Bonchev–Trinajstić information content (AvgIpc) is 2.64. The molecule has 0 atom stereocenters. The molecule has 0 aromatic rings. The van der Waals surface area contributed by atoms with Crippen LogP contribution < -0.4 is 0 Å². The minimum atomic E-state index is 0.787. The Balaban J connectivity index is 3.67. The number of hydrogen-bond donors (Lipinski definition) is 0. The Labute approximate surface area is 154 Å². The molecule has 0 N–H and O–H groups in total. The summed E-state index contributed by atoms with van der Waals surface area (Å²) in [6.45, 7) is 4.14. The third-order valence-corrected chi connectivity index (χ3v) is 3.44. The molecule has 0 aliphatic heterocycles. The van der Waals surface area contributed by atoms with Crippen molar-refractivity contribution in [1.82, 2.24) is 0 Å². The standard InChI is InChI=1S/C24H34O/c1-3-5-6-7-8-9-10-11-12-13-14-15-16-17-18-19-20-21-22-24(4-2)23-25/h5-6,8-9,11-12,14-15,17-18,20-23H,3-4,7,10,13,16,19H2,1-2H3/b6-5-,9-8-,12-11-,15-14-,18-17-,21-20+,24-22+. The summed E-state index contributed by atoms with van der Waals surface area (Å²) in [5.74, 6) is 0. The van der Waals surface area contributed by atoms with Crippen molar-refractivity contribution < 1.29 is 4.79 Å². The minimum Gasteiger partial charge on any atom is -0.298 e. The summed E-state index contributed by atoms with van der Waals surface area (Å²) >= 11 is 0. The van der Waals surface area contributed by atoms with E-state index in [2.05, 4.69) is 73.8 Å². The first kappa shape index (κ1) is 22.9. The van der Waals surface area contributed by atoms with E-state index in [-0.39, 0.29) is 0 Å². The van der Waals surface area contributed by atoms with Gasteiger partial charge >= 0.3 is 0 Å². The van der Waals surface area contributed by atoms with Gasteiger partial charge in [-0.3, -0.25) is 4.79 Å². The van der Waals surface area contributed by atoms with Crippen LogP contribution in [-0.2, 0) is 4.79 Å². The third-order valence-electron chi connectivity index (χ3n) is 3.44. The minimum absolute atomic E-state index is 0.787. The van der Waals surface area contributed by atoms with Gasteiger partial charge in [-0.2, -0.15) is 0 Å². The first-order valence-corrected chi connectivity index (χ1v) is 9.40. The molecule has 0 unspecified atom stereocenters. The molecule has 0 saturated heterocycles. The van der Waals surface area contributed by atoms with E-state index in [4.69, 9.17) is 0 Å². The Hall–Kier alpha value is -2.15. The molecule has 0 aliphatic rings. The highest BCUT2D eigenvalue weighted by Crippen LogP contribution is 1.98. The lowest BCUT2D eigenvalue weighted by Gasteiger charge is -1.88. The van der Waals surface area contributed by atoms with Crippen LogP contribution in [-0.4, -0.2) is 6.29 Å². The molecular weight excluding hydrogens is 304 g/mol. The first-order valence-electron chi connectivity index (χ1n) is 9.40. The lowest BCUT2D eigenvalue weighted by molar-refractivity contribution is -0.105. The molecule has 0 spiro atoms. The number of carbonyl (C=O) groups is 1. The molecule has 0 rings (SSSR count). The normalized spacial score (nSPS) is 13.8. The molecule has 0 aromatic heterocycles. The van der Waals surface area contributed by atoms with Crippen molar-refractivity contribution in [2.75, 3.05) is 0 Å². The van der Waals surface area contributed by atoms with E-state index in [9.17, 15) is 4.79 Å². The monoisotopic (exact) mass is 338 g/mol. The Kier molecular flexibility index (Phi) is 18.2. The van der Waals surface area contributed by atoms with Gasteiger partial charge in [0.05, 0.1) is 0 Å². The zero-order valence-corrected chi connectivity index (χ0v) is 15.9. The van der Waals surface area contributed by atoms with Crippen LogP contribution in [0.1, 0.15) is 58.8 Å². The second-order valence-electron chi connectivity index (χ2n) is 5.58. The van der Waals surface area contributed by atoms with Gasteiger partial charge in [-0.05, 0) is 50.5 Å². The van der Waals surface area contributed by atoms with Gasteiger partial charge in [0.25, 0.3) is 0 Å². The van der Waals surface area contributed by atoms with Crippen LogP contribution in [0.2, 0.25) is 0 Å². The molecule has 0 heterocycles. The van der Waals surface area contributed by atoms with Gasteiger partial charge in [-0.1, -0.05) is 92.8 Å². The third kappa shape index (κ3) is 18.0. The molecule has 25 heavy (non-hydrogen) atoms. The smallest absolute Gasteiger partial charge is 0.146 e. The van der Waals surface area contributed by atoms with Crippen molar-refractivity contribution in [3.05, 3.63) is 84.6 Å². The predicted molar refractivity (Wildman–Crippen MR) is 113 cm³/mol. The largest absolute Gasteiger partial charge is 0.298 e. The molecule has 0 saturated carbocycles. The van der Waals surface area contributed by atoms with Gasteiger partial charge < -0.3 is 0 Å². The topological polar surface area (TPSA) is 17.1 Å². The summed E-state index contributed by atoms with van der Waals surface area (Å²) in [5, 5.41) is 0. The highest BCUT2D eigenvalue weighted by atomic mass is 16.1. The molecule has 136 valence electrons. The summed E-state index contributed by atoms with van der Waals surface area (Å²) in [5.41, 5.74) is 0.833. The van der Waals surface area contributed by atoms with Crippen LogP contribution in [0.15, 0.2) is 84.6 Å². The van der Waals surface area contributed by atoms with E-state index in [1.54, 1.807) is 0 Å². The van der Waals surface area contributed by atoms with E-state index < -0.39 is 0 Å². The van der Waals surface area contributed by atoms with Gasteiger partial charge in [0.15, 0.2) is 0 Å². The van der Waals surface area contributed by atoms with E-state index >= 15 is 0 Å². The van der Waals surface area contributed by atoms with E-state index in [0.29, 0.717) is 0 Å². The molecule has 0 amide bonds. The molecule has 0 bridgehead atoms. The molecular formula is C24H34O. The van der Waals surface area contributed by atoms with Crippen LogP contribution in [0.4, 0.5) is 0 Å². The predicted octanol–water partition coefficient (Wildman–Crippen LogP) is 7.22. The van der Waals surface area contributed by atoms with Crippen molar-refractivity contribution in [1.29, 1.82) is 0 Å². The SMILES string of the molecule is CC/C=C\C/C=C\C/C=C\C/C=C\C/C=C\C/C=C/C=C(/C=O)CC. The second kappa shape index (κ2) is 19.9. The van der Waals surface area contributed by atoms with Gasteiger partial charge in [0.2, 0.25) is 0 Å². The lowest BCUT2D eigenvalue weighted by atomic mass is 10.2. The van der Waals surface area contributed by atoms with E-state index in [1.165, 1.54) is 0 Å². The lowest BCUT2D eigenvalue weighted by Crippen LogP contribution is -1.78. The Morgan fingerprint density at radius 2 is 1.00 bits per heavy atom. The number of hydrogen-bond acceptors (Lipinski definition) is 1. The molecule has 0 aliphatic carbocycles. The summed E-state index contributed by atoms with van der Waals surface area (Å²) in [6.07, 6.45) is 35.6. The van der Waals surface area contributed by atoms with Crippen molar-refractivity contribution in [3.8, 4) is 0 Å².